The van der Waals surface area contributed by atoms with Crippen molar-refractivity contribution in [3.8, 4) is 11.5 Å². The topological polar surface area (TPSA) is 72.9 Å². The highest BCUT2D eigenvalue weighted by atomic mass is 32.2. The molecule has 0 heterocycles. The molecule has 0 N–H and O–H groups in total. The van der Waals surface area contributed by atoms with E-state index in [1.807, 2.05) is 39.8 Å². The number of aryl methyl sites for hydroxylation is 2. The third-order valence-corrected chi connectivity index (χ3v) is 6.84. The quantitative estimate of drug-likeness (QED) is 0.489. The van der Waals surface area contributed by atoms with Crippen LogP contribution in [0.4, 0.5) is 5.69 Å². The smallest absolute Gasteiger partial charge is 0.278 e. The SMILES string of the molecule is CCOc1ccc(N(C(=O)COc2cccc(C)c2C)S(=O)(=O)c2ccc(C)cc2)cc1. The number of rotatable bonds is 8. The molecule has 0 aromatic heterocycles. The molecule has 0 spiro atoms. The molecule has 0 saturated carbocycles. The van der Waals surface area contributed by atoms with Gasteiger partial charge in [-0.25, -0.2) is 8.42 Å². The fourth-order valence-corrected chi connectivity index (χ4v) is 4.57. The molecule has 0 bridgehead atoms. The predicted molar refractivity (Wildman–Crippen MR) is 125 cm³/mol. The van der Waals surface area contributed by atoms with Gasteiger partial charge in [-0.1, -0.05) is 29.8 Å². The van der Waals surface area contributed by atoms with Crippen molar-refractivity contribution in [3.05, 3.63) is 83.4 Å². The van der Waals surface area contributed by atoms with Crippen molar-refractivity contribution in [1.29, 1.82) is 0 Å². The van der Waals surface area contributed by atoms with Crippen LogP contribution in [0.3, 0.4) is 0 Å². The molecule has 1 amide bonds. The van der Waals surface area contributed by atoms with Gasteiger partial charge in [0.1, 0.15) is 11.5 Å². The molecule has 3 aromatic carbocycles. The zero-order chi connectivity index (χ0) is 23.3. The van der Waals surface area contributed by atoms with Crippen LogP contribution in [-0.4, -0.2) is 27.5 Å². The van der Waals surface area contributed by atoms with Gasteiger partial charge in [-0.05, 0) is 81.3 Å². The van der Waals surface area contributed by atoms with Crippen LogP contribution in [-0.2, 0) is 14.8 Å². The Morgan fingerprint density at radius 1 is 0.875 bits per heavy atom. The fraction of sp³-hybridized carbons (Fsp3) is 0.240. The van der Waals surface area contributed by atoms with Crippen molar-refractivity contribution in [1.82, 2.24) is 0 Å². The number of amides is 1. The van der Waals surface area contributed by atoms with Gasteiger partial charge in [0, 0.05) is 0 Å². The summed E-state index contributed by atoms with van der Waals surface area (Å²) in [6, 6.07) is 18.3. The lowest BCUT2D eigenvalue weighted by Crippen LogP contribution is -2.40. The van der Waals surface area contributed by atoms with Crippen LogP contribution in [0.25, 0.3) is 0 Å². The van der Waals surface area contributed by atoms with Gasteiger partial charge in [0.15, 0.2) is 6.61 Å². The number of carbonyl (C=O) groups is 1. The zero-order valence-corrected chi connectivity index (χ0v) is 19.5. The highest BCUT2D eigenvalue weighted by Crippen LogP contribution is 2.27. The lowest BCUT2D eigenvalue weighted by molar-refractivity contribution is -0.119. The van der Waals surface area contributed by atoms with E-state index in [0.29, 0.717) is 18.1 Å². The first-order chi connectivity index (χ1) is 15.2. The first kappa shape index (κ1) is 23.3. The van der Waals surface area contributed by atoms with Crippen molar-refractivity contribution in [3.63, 3.8) is 0 Å². The number of ether oxygens (including phenoxy) is 2. The van der Waals surface area contributed by atoms with Crippen LogP contribution in [0, 0.1) is 20.8 Å². The Balaban J connectivity index is 1.96. The molecule has 0 radical (unpaired) electrons. The lowest BCUT2D eigenvalue weighted by Gasteiger charge is -2.23. The molecule has 0 aliphatic carbocycles. The van der Waals surface area contributed by atoms with E-state index in [2.05, 4.69) is 0 Å². The summed E-state index contributed by atoms with van der Waals surface area (Å²) in [7, 11) is -4.15. The van der Waals surface area contributed by atoms with E-state index >= 15 is 0 Å². The van der Waals surface area contributed by atoms with Gasteiger partial charge in [-0.15, -0.1) is 0 Å². The third-order valence-electron chi connectivity index (χ3n) is 5.07. The monoisotopic (exact) mass is 453 g/mol. The summed E-state index contributed by atoms with van der Waals surface area (Å²) in [5.41, 5.74) is 3.05. The largest absolute Gasteiger partial charge is 0.494 e. The summed E-state index contributed by atoms with van der Waals surface area (Å²) in [6.07, 6.45) is 0. The fourth-order valence-electron chi connectivity index (χ4n) is 3.16. The Labute approximate surface area is 189 Å². The maximum absolute atomic E-state index is 13.4. The van der Waals surface area contributed by atoms with Crippen LogP contribution >= 0.6 is 0 Å². The Kier molecular flexibility index (Phi) is 7.20. The minimum absolute atomic E-state index is 0.0251. The standard InChI is InChI=1S/C25H27NO5S/c1-5-30-22-13-11-21(12-14-22)26(32(28,29)23-15-9-18(2)10-16-23)25(27)17-31-24-8-6-7-19(3)20(24)4/h6-16H,5,17H2,1-4H3. The molecule has 3 rings (SSSR count). The zero-order valence-electron chi connectivity index (χ0n) is 18.7. The molecular weight excluding hydrogens is 426 g/mol. The normalized spacial score (nSPS) is 11.1. The lowest BCUT2D eigenvalue weighted by atomic mass is 10.1. The average molecular weight is 454 g/mol. The number of carbonyl (C=O) groups excluding carboxylic acids is 1. The predicted octanol–water partition coefficient (Wildman–Crippen LogP) is 4.81. The Bertz CT molecular complexity index is 1190. The van der Waals surface area contributed by atoms with Gasteiger partial charge in [0.05, 0.1) is 17.2 Å². The number of benzene rings is 3. The number of nitrogens with zero attached hydrogens (tertiary/aromatic N) is 1. The van der Waals surface area contributed by atoms with Crippen LogP contribution < -0.4 is 13.8 Å². The van der Waals surface area contributed by atoms with Gasteiger partial charge in [0.2, 0.25) is 0 Å². The molecular formula is C25H27NO5S. The first-order valence-corrected chi connectivity index (χ1v) is 11.7. The minimum atomic E-state index is -4.15. The molecule has 32 heavy (non-hydrogen) atoms. The summed E-state index contributed by atoms with van der Waals surface area (Å²) in [4.78, 5) is 13.2. The van der Waals surface area contributed by atoms with Crippen LogP contribution in [0.15, 0.2) is 71.6 Å². The number of hydrogen-bond acceptors (Lipinski definition) is 5. The van der Waals surface area contributed by atoms with E-state index < -0.39 is 22.5 Å². The summed E-state index contributed by atoms with van der Waals surface area (Å²) in [5.74, 6) is 0.427. The molecule has 0 aliphatic rings. The van der Waals surface area contributed by atoms with E-state index in [4.69, 9.17) is 9.47 Å². The summed E-state index contributed by atoms with van der Waals surface area (Å²) < 4.78 is 38.8. The van der Waals surface area contributed by atoms with Gasteiger partial charge >= 0.3 is 0 Å². The highest BCUT2D eigenvalue weighted by molar-refractivity contribution is 7.93. The average Bonchev–Trinajstić information content (AvgIpc) is 2.76. The maximum Gasteiger partial charge on any atom is 0.278 e. The summed E-state index contributed by atoms with van der Waals surface area (Å²) >= 11 is 0. The van der Waals surface area contributed by atoms with Crippen LogP contribution in [0.5, 0.6) is 11.5 Å². The molecule has 7 heteroatoms. The van der Waals surface area contributed by atoms with Crippen LogP contribution in [0.1, 0.15) is 23.6 Å². The third kappa shape index (κ3) is 5.11. The Hall–Kier alpha value is -3.32. The van der Waals surface area contributed by atoms with E-state index in [0.717, 1.165) is 21.0 Å². The van der Waals surface area contributed by atoms with Crippen LogP contribution in [0.2, 0.25) is 0 Å². The van der Waals surface area contributed by atoms with E-state index in [1.54, 1.807) is 42.5 Å². The van der Waals surface area contributed by atoms with Gasteiger partial charge in [-0.3, -0.25) is 4.79 Å². The first-order valence-electron chi connectivity index (χ1n) is 10.3. The molecule has 3 aromatic rings. The van der Waals surface area contributed by atoms with Gasteiger partial charge in [0.25, 0.3) is 15.9 Å². The molecule has 6 nitrogen and oxygen atoms in total. The number of anilines is 1. The highest BCUT2D eigenvalue weighted by Gasteiger charge is 2.31. The molecule has 0 atom stereocenters. The molecule has 0 unspecified atom stereocenters. The summed E-state index contributed by atoms with van der Waals surface area (Å²) in [5, 5.41) is 0. The maximum atomic E-state index is 13.4. The van der Waals surface area contributed by atoms with Crippen molar-refractivity contribution in [2.45, 2.75) is 32.6 Å². The van der Waals surface area contributed by atoms with Crippen molar-refractivity contribution < 1.29 is 22.7 Å². The Morgan fingerprint density at radius 2 is 1.53 bits per heavy atom. The number of hydrogen-bond donors (Lipinski definition) is 0. The summed E-state index contributed by atoms with van der Waals surface area (Å²) in [6.45, 7) is 7.61. The molecule has 0 fully saturated rings. The Morgan fingerprint density at radius 3 is 2.16 bits per heavy atom. The second-order valence-corrected chi connectivity index (χ2v) is 9.18. The molecule has 0 aliphatic heterocycles. The van der Waals surface area contributed by atoms with Gasteiger partial charge < -0.3 is 9.47 Å². The van der Waals surface area contributed by atoms with E-state index in [-0.39, 0.29) is 10.6 Å². The van der Waals surface area contributed by atoms with Gasteiger partial charge in [-0.2, -0.15) is 4.31 Å². The van der Waals surface area contributed by atoms with E-state index in [9.17, 15) is 13.2 Å². The number of sulfonamides is 1. The van der Waals surface area contributed by atoms with Crippen molar-refractivity contribution in [2.24, 2.45) is 0 Å². The molecule has 0 saturated heterocycles. The second kappa shape index (κ2) is 9.87. The van der Waals surface area contributed by atoms with Crippen molar-refractivity contribution in [2.75, 3.05) is 17.5 Å². The second-order valence-electron chi connectivity index (χ2n) is 7.39. The van der Waals surface area contributed by atoms with Crippen molar-refractivity contribution >= 4 is 21.6 Å². The van der Waals surface area contributed by atoms with E-state index in [1.165, 1.54) is 12.1 Å². The minimum Gasteiger partial charge on any atom is -0.494 e. The molecule has 168 valence electrons.